The highest BCUT2D eigenvalue weighted by molar-refractivity contribution is 7.99. The highest BCUT2D eigenvalue weighted by atomic mass is 32.2. The van der Waals surface area contributed by atoms with Crippen LogP contribution >= 0.6 is 11.8 Å². The number of rotatable bonds is 9. The van der Waals surface area contributed by atoms with Crippen LogP contribution in [-0.4, -0.2) is 39.4 Å². The van der Waals surface area contributed by atoms with Gasteiger partial charge in [-0.25, -0.2) is 4.39 Å². The van der Waals surface area contributed by atoms with Crippen LogP contribution in [0.5, 0.6) is 5.75 Å². The minimum atomic E-state index is -0.384. The molecule has 1 aromatic heterocycles. The number of nitrogens with one attached hydrogen (secondary N) is 2. The molecule has 8 nitrogen and oxygen atoms in total. The number of methoxy groups -OCH3 is 1. The lowest BCUT2D eigenvalue weighted by atomic mass is 10.0. The number of benzene rings is 4. The summed E-state index contributed by atoms with van der Waals surface area (Å²) in [5.74, 6) is 0.320. The first kappa shape index (κ1) is 25.9. The van der Waals surface area contributed by atoms with Crippen molar-refractivity contribution >= 4 is 40.0 Å². The Morgan fingerprint density at radius 2 is 1.67 bits per heavy atom. The first-order chi connectivity index (χ1) is 19.0. The van der Waals surface area contributed by atoms with Crippen LogP contribution in [0.3, 0.4) is 0 Å². The molecule has 0 aliphatic rings. The molecule has 0 bridgehead atoms. The van der Waals surface area contributed by atoms with Crippen molar-refractivity contribution in [3.8, 4) is 11.4 Å². The number of hydrogen-bond donors (Lipinski definition) is 2. The van der Waals surface area contributed by atoms with Gasteiger partial charge in [0.1, 0.15) is 11.6 Å². The molecule has 5 rings (SSSR count). The van der Waals surface area contributed by atoms with Crippen molar-refractivity contribution in [2.75, 3.05) is 18.2 Å². The van der Waals surface area contributed by atoms with E-state index in [4.69, 9.17) is 4.74 Å². The largest absolute Gasteiger partial charge is 0.497 e. The third-order valence-corrected chi connectivity index (χ3v) is 6.86. The second-order valence-corrected chi connectivity index (χ2v) is 9.43. The van der Waals surface area contributed by atoms with E-state index in [1.807, 2.05) is 36.4 Å². The monoisotopic (exact) mass is 541 g/mol. The minimum absolute atomic E-state index is 0.0632. The lowest BCUT2D eigenvalue weighted by Crippen LogP contribution is -2.25. The van der Waals surface area contributed by atoms with Gasteiger partial charge < -0.3 is 15.4 Å². The van der Waals surface area contributed by atoms with Crippen LogP contribution in [-0.2, 0) is 11.3 Å². The third-order valence-electron chi connectivity index (χ3n) is 5.93. The van der Waals surface area contributed by atoms with E-state index in [-0.39, 0.29) is 29.9 Å². The number of thioether (sulfide) groups is 1. The van der Waals surface area contributed by atoms with E-state index < -0.39 is 0 Å². The van der Waals surface area contributed by atoms with Crippen molar-refractivity contribution in [1.29, 1.82) is 0 Å². The highest BCUT2D eigenvalue weighted by Gasteiger charge is 2.18. The van der Waals surface area contributed by atoms with Crippen molar-refractivity contribution in [2.45, 2.75) is 11.7 Å². The van der Waals surface area contributed by atoms with Crippen LogP contribution in [0.4, 0.5) is 10.1 Å². The van der Waals surface area contributed by atoms with Gasteiger partial charge in [0.25, 0.3) is 5.91 Å². The first-order valence-corrected chi connectivity index (χ1v) is 13.0. The van der Waals surface area contributed by atoms with E-state index in [0.717, 1.165) is 10.8 Å². The second-order valence-electron chi connectivity index (χ2n) is 8.49. The normalized spacial score (nSPS) is 10.8. The summed E-state index contributed by atoms with van der Waals surface area (Å²) in [5, 5.41) is 16.5. The number of carbonyl (C=O) groups is 2. The van der Waals surface area contributed by atoms with Crippen LogP contribution in [0.15, 0.2) is 96.2 Å². The van der Waals surface area contributed by atoms with Gasteiger partial charge in [0.15, 0.2) is 11.0 Å². The van der Waals surface area contributed by atoms with Gasteiger partial charge in [-0.1, -0.05) is 48.2 Å². The number of amides is 2. The molecule has 0 saturated heterocycles. The molecular formula is C29H24FN5O3S. The number of nitrogens with zero attached hydrogens (tertiary/aromatic N) is 3. The van der Waals surface area contributed by atoms with Crippen molar-refractivity contribution in [1.82, 2.24) is 20.1 Å². The fourth-order valence-electron chi connectivity index (χ4n) is 4.04. The molecule has 39 heavy (non-hydrogen) atoms. The van der Waals surface area contributed by atoms with E-state index in [1.165, 1.54) is 23.9 Å². The zero-order chi connectivity index (χ0) is 27.2. The third kappa shape index (κ3) is 6.07. The average Bonchev–Trinajstić information content (AvgIpc) is 3.38. The topological polar surface area (TPSA) is 98.1 Å². The maximum absolute atomic E-state index is 13.6. The van der Waals surface area contributed by atoms with Gasteiger partial charge in [0.05, 0.1) is 19.4 Å². The SMILES string of the molecule is COc1ccc(NC(=O)CSc2nnc(CNC(=O)c3cccc4ccccc34)n2-c2ccc(F)cc2)cc1. The number of fused-ring (bicyclic) bond motifs is 1. The summed E-state index contributed by atoms with van der Waals surface area (Å²) < 4.78 is 20.5. The van der Waals surface area contributed by atoms with Gasteiger partial charge in [-0.15, -0.1) is 10.2 Å². The van der Waals surface area contributed by atoms with Gasteiger partial charge in [-0.3, -0.25) is 14.2 Å². The molecule has 0 radical (unpaired) electrons. The Labute approximate surface area is 228 Å². The molecular weight excluding hydrogens is 517 g/mol. The van der Waals surface area contributed by atoms with Crippen molar-refractivity contribution in [3.63, 3.8) is 0 Å². The van der Waals surface area contributed by atoms with Crippen LogP contribution in [0, 0.1) is 5.82 Å². The Morgan fingerprint density at radius 1 is 0.923 bits per heavy atom. The summed E-state index contributed by atoms with van der Waals surface area (Å²) in [5.41, 5.74) is 1.79. The van der Waals surface area contributed by atoms with Gasteiger partial charge in [0.2, 0.25) is 5.91 Å². The molecule has 0 saturated carbocycles. The van der Waals surface area contributed by atoms with Crippen LogP contribution < -0.4 is 15.4 Å². The molecule has 0 atom stereocenters. The van der Waals surface area contributed by atoms with Gasteiger partial charge in [-0.05, 0) is 65.4 Å². The highest BCUT2D eigenvalue weighted by Crippen LogP contribution is 2.24. The molecule has 0 aliphatic heterocycles. The van der Waals surface area contributed by atoms with Crippen molar-refractivity contribution in [3.05, 3.63) is 108 Å². The summed E-state index contributed by atoms with van der Waals surface area (Å²) in [6, 6.07) is 26.1. The van der Waals surface area contributed by atoms with Gasteiger partial charge in [0, 0.05) is 16.9 Å². The predicted octanol–water partition coefficient (Wildman–Crippen LogP) is 5.23. The standard InChI is InChI=1S/C29H24FN5O3S/c1-38-23-15-11-21(12-16-23)32-27(36)18-39-29-34-33-26(35(29)22-13-9-20(30)10-14-22)17-31-28(37)25-8-4-6-19-5-2-3-7-24(19)25/h2-16H,17-18H2,1H3,(H,31,37)(H,32,36). The minimum Gasteiger partial charge on any atom is -0.497 e. The maximum atomic E-state index is 13.6. The molecule has 0 aliphatic carbocycles. The maximum Gasteiger partial charge on any atom is 0.252 e. The number of ether oxygens (including phenoxy) is 1. The summed E-state index contributed by atoms with van der Waals surface area (Å²) in [6.45, 7) is 0.0744. The molecule has 5 aromatic rings. The fourth-order valence-corrected chi connectivity index (χ4v) is 4.81. The Bertz CT molecular complexity index is 1620. The number of aromatic nitrogens is 3. The zero-order valence-electron chi connectivity index (χ0n) is 20.9. The van der Waals surface area contributed by atoms with E-state index in [0.29, 0.717) is 33.7 Å². The summed E-state index contributed by atoms with van der Waals surface area (Å²) in [6.07, 6.45) is 0. The molecule has 0 unspecified atom stereocenters. The summed E-state index contributed by atoms with van der Waals surface area (Å²) in [7, 11) is 1.57. The molecule has 2 amide bonds. The van der Waals surface area contributed by atoms with Crippen molar-refractivity contribution in [2.24, 2.45) is 0 Å². The average molecular weight is 542 g/mol. The summed E-state index contributed by atoms with van der Waals surface area (Å²) >= 11 is 1.18. The Hall–Kier alpha value is -4.70. The van der Waals surface area contributed by atoms with E-state index in [2.05, 4.69) is 20.8 Å². The fraction of sp³-hybridized carbons (Fsp3) is 0.103. The zero-order valence-corrected chi connectivity index (χ0v) is 21.7. The van der Waals surface area contributed by atoms with Crippen LogP contribution in [0.25, 0.3) is 16.5 Å². The van der Waals surface area contributed by atoms with E-state index >= 15 is 0 Å². The molecule has 1 heterocycles. The Balaban J connectivity index is 1.33. The number of halogens is 1. The lowest BCUT2D eigenvalue weighted by Gasteiger charge is -2.12. The van der Waals surface area contributed by atoms with E-state index in [9.17, 15) is 14.0 Å². The van der Waals surface area contributed by atoms with Gasteiger partial charge in [-0.2, -0.15) is 0 Å². The predicted molar refractivity (Wildman–Crippen MR) is 149 cm³/mol. The molecule has 4 aromatic carbocycles. The second kappa shape index (κ2) is 11.8. The van der Waals surface area contributed by atoms with Gasteiger partial charge >= 0.3 is 0 Å². The molecule has 2 N–H and O–H groups in total. The Kier molecular flexibility index (Phi) is 7.83. The number of carbonyl (C=O) groups excluding carboxylic acids is 2. The molecule has 196 valence electrons. The molecule has 10 heteroatoms. The molecule has 0 spiro atoms. The number of anilines is 1. The van der Waals surface area contributed by atoms with Crippen LogP contribution in [0.1, 0.15) is 16.2 Å². The Morgan fingerprint density at radius 3 is 2.44 bits per heavy atom. The first-order valence-electron chi connectivity index (χ1n) is 12.0. The van der Waals surface area contributed by atoms with Crippen molar-refractivity contribution < 1.29 is 18.7 Å². The lowest BCUT2D eigenvalue weighted by molar-refractivity contribution is -0.113. The number of hydrogen-bond acceptors (Lipinski definition) is 6. The van der Waals surface area contributed by atoms with Crippen LogP contribution in [0.2, 0.25) is 0 Å². The quantitative estimate of drug-likeness (QED) is 0.248. The van der Waals surface area contributed by atoms with E-state index in [1.54, 1.807) is 54.1 Å². The molecule has 0 fully saturated rings. The summed E-state index contributed by atoms with van der Waals surface area (Å²) in [4.78, 5) is 25.7. The smallest absolute Gasteiger partial charge is 0.252 e.